The van der Waals surface area contributed by atoms with Gasteiger partial charge >= 0.3 is 0 Å². The smallest absolute Gasteiger partial charge is 0.276 e. The van der Waals surface area contributed by atoms with E-state index in [0.717, 1.165) is 25.7 Å². The van der Waals surface area contributed by atoms with Gasteiger partial charge in [-0.15, -0.1) is 0 Å². The first-order valence-corrected chi connectivity index (χ1v) is 13.0. The van der Waals surface area contributed by atoms with Crippen molar-refractivity contribution in [3.05, 3.63) is 50.9 Å². The molecule has 2 amide bonds. The van der Waals surface area contributed by atoms with Crippen molar-refractivity contribution < 1.29 is 19.0 Å². The molecule has 0 aliphatic heterocycles. The number of halogens is 1. The number of aromatic nitrogens is 6. The van der Waals surface area contributed by atoms with Gasteiger partial charge in [-0.25, -0.2) is 9.73 Å². The molecule has 0 saturated heterocycles. The van der Waals surface area contributed by atoms with Crippen LogP contribution in [0.5, 0.6) is 0 Å². The van der Waals surface area contributed by atoms with E-state index in [-0.39, 0.29) is 29.3 Å². The highest BCUT2D eigenvalue weighted by Gasteiger charge is 2.48. The Bertz CT molecular complexity index is 1350. The number of carbonyl (C=O) groups excluding carboxylic acids is 2. The van der Waals surface area contributed by atoms with E-state index in [1.54, 1.807) is 6.20 Å². The monoisotopic (exact) mass is 544 g/mol. The molecule has 3 heterocycles. The van der Waals surface area contributed by atoms with Crippen LogP contribution in [0.1, 0.15) is 60.4 Å². The Labute approximate surface area is 222 Å². The molecule has 2 aliphatic carbocycles. The fourth-order valence-corrected chi connectivity index (χ4v) is 5.11. The van der Waals surface area contributed by atoms with E-state index >= 15 is 0 Å². The summed E-state index contributed by atoms with van der Waals surface area (Å²) < 4.78 is 11.6. The topological polar surface area (TPSA) is 170 Å². The molecule has 0 spiro atoms. The van der Waals surface area contributed by atoms with Crippen LogP contribution in [-0.4, -0.2) is 61.9 Å². The number of H-pyrrole nitrogens is 1. The first-order valence-electron chi connectivity index (χ1n) is 12.6. The zero-order chi connectivity index (χ0) is 26.8. The van der Waals surface area contributed by atoms with Crippen molar-refractivity contribution >= 4 is 29.1 Å². The Morgan fingerprint density at radius 3 is 2.66 bits per heavy atom. The van der Waals surface area contributed by atoms with Gasteiger partial charge in [0.25, 0.3) is 11.5 Å². The third-order valence-corrected chi connectivity index (χ3v) is 7.26. The number of ether oxygens (including phenoxy) is 1. The first-order chi connectivity index (χ1) is 18.4. The molecule has 14 heteroatoms. The molecule has 2 fully saturated rings. The van der Waals surface area contributed by atoms with Gasteiger partial charge in [-0.1, -0.05) is 23.7 Å². The van der Waals surface area contributed by atoms with Crippen LogP contribution in [0.4, 0.5) is 5.69 Å². The number of amides is 2. The standard InChI is InChI=1S/C24H29ClN8O5/c1-3-16-20(32-38-31-16)23(35)28-21(19(12-4-5-12)13-6-7-13)24(36)27-14-9-26-33(10-14)17(11-37-2)15-8-18(25)29-30-22(15)34/h8-10,12-13,17,19,21H,3-7,11H2,1-2H3,(H,27,36)(H,28,35)(H,30,34). The zero-order valence-electron chi connectivity index (χ0n) is 21.0. The summed E-state index contributed by atoms with van der Waals surface area (Å²) in [6, 6.07) is 0.0847. The molecule has 2 atom stereocenters. The summed E-state index contributed by atoms with van der Waals surface area (Å²) in [5, 5.41) is 23.9. The Kier molecular flexibility index (Phi) is 7.56. The number of aryl methyl sites for hydroxylation is 1. The van der Waals surface area contributed by atoms with Crippen LogP contribution in [0, 0.1) is 17.8 Å². The Morgan fingerprint density at radius 1 is 1.26 bits per heavy atom. The number of hydrogen-bond donors (Lipinski definition) is 3. The van der Waals surface area contributed by atoms with Crippen LogP contribution in [0.25, 0.3) is 0 Å². The minimum atomic E-state index is -0.760. The predicted molar refractivity (Wildman–Crippen MR) is 135 cm³/mol. The Morgan fingerprint density at radius 2 is 2.00 bits per heavy atom. The van der Waals surface area contributed by atoms with Crippen molar-refractivity contribution in [2.24, 2.45) is 17.8 Å². The van der Waals surface area contributed by atoms with E-state index in [2.05, 4.69) is 36.2 Å². The van der Waals surface area contributed by atoms with Gasteiger partial charge in [-0.2, -0.15) is 10.2 Å². The SMILES string of the molecule is CCc1nonc1C(=O)NC(C(=O)Nc1cnn(C(COC)c2cc(Cl)n[nH]c2=O)c1)C(C1CC1)C1CC1. The molecule has 3 aromatic rings. The number of carbonyl (C=O) groups is 2. The van der Waals surface area contributed by atoms with Crippen molar-refractivity contribution in [3.63, 3.8) is 0 Å². The lowest BCUT2D eigenvalue weighted by atomic mass is 9.88. The van der Waals surface area contributed by atoms with E-state index < -0.39 is 23.6 Å². The Balaban J connectivity index is 1.37. The average molecular weight is 545 g/mol. The summed E-state index contributed by atoms with van der Waals surface area (Å²) in [5.41, 5.74) is 0.828. The quantitative estimate of drug-likeness (QED) is 0.308. The van der Waals surface area contributed by atoms with Crippen molar-refractivity contribution in [1.29, 1.82) is 0 Å². The van der Waals surface area contributed by atoms with Gasteiger partial charge in [-0.05, 0) is 61.1 Å². The highest BCUT2D eigenvalue weighted by atomic mass is 35.5. The molecule has 2 unspecified atom stereocenters. The summed E-state index contributed by atoms with van der Waals surface area (Å²) in [4.78, 5) is 39.1. The van der Waals surface area contributed by atoms with E-state index in [1.807, 2.05) is 6.92 Å². The highest BCUT2D eigenvalue weighted by molar-refractivity contribution is 6.29. The Hall–Kier alpha value is -3.58. The van der Waals surface area contributed by atoms with Gasteiger partial charge in [0.1, 0.15) is 22.9 Å². The molecule has 0 bridgehead atoms. The van der Waals surface area contributed by atoms with Crippen LogP contribution in [0.2, 0.25) is 5.15 Å². The molecule has 202 valence electrons. The van der Waals surface area contributed by atoms with Crippen molar-refractivity contribution in [1.82, 2.24) is 35.6 Å². The first kappa shape index (κ1) is 26.0. The van der Waals surface area contributed by atoms with E-state index in [9.17, 15) is 14.4 Å². The summed E-state index contributed by atoms with van der Waals surface area (Å²) >= 11 is 5.99. The minimum Gasteiger partial charge on any atom is -0.382 e. The van der Waals surface area contributed by atoms with Crippen LogP contribution in [0.15, 0.2) is 27.9 Å². The second kappa shape index (κ2) is 11.0. The molecule has 13 nitrogen and oxygen atoms in total. The molecule has 0 radical (unpaired) electrons. The summed E-state index contributed by atoms with van der Waals surface area (Å²) in [6.07, 6.45) is 7.70. The maximum atomic E-state index is 13.6. The van der Waals surface area contributed by atoms with Gasteiger partial charge in [0.05, 0.1) is 18.5 Å². The highest BCUT2D eigenvalue weighted by Crippen LogP contribution is 2.51. The number of anilines is 1. The van der Waals surface area contributed by atoms with Crippen LogP contribution in [0.3, 0.4) is 0 Å². The third-order valence-electron chi connectivity index (χ3n) is 7.07. The molecular formula is C24H29ClN8O5. The van der Waals surface area contributed by atoms with E-state index in [0.29, 0.717) is 35.2 Å². The maximum absolute atomic E-state index is 13.6. The number of rotatable bonds is 12. The van der Waals surface area contributed by atoms with Crippen LogP contribution < -0.4 is 16.2 Å². The lowest BCUT2D eigenvalue weighted by Gasteiger charge is -2.27. The second-order valence-electron chi connectivity index (χ2n) is 9.76. The average Bonchev–Trinajstić information content (AvgIpc) is 3.83. The van der Waals surface area contributed by atoms with Crippen molar-refractivity contribution in [2.75, 3.05) is 19.0 Å². The van der Waals surface area contributed by atoms with Crippen molar-refractivity contribution in [3.8, 4) is 0 Å². The normalized spacial score (nSPS) is 16.8. The minimum absolute atomic E-state index is 0.0256. The van der Waals surface area contributed by atoms with Gasteiger partial charge in [0.2, 0.25) is 5.91 Å². The molecule has 38 heavy (non-hydrogen) atoms. The number of nitrogens with zero attached hydrogens (tertiary/aromatic N) is 5. The number of aromatic amines is 1. The fraction of sp³-hybridized carbons (Fsp3) is 0.542. The lowest BCUT2D eigenvalue weighted by Crippen LogP contribution is -2.50. The molecule has 0 aromatic carbocycles. The molecule has 2 aliphatic rings. The number of hydrogen-bond acceptors (Lipinski definition) is 9. The molecule has 5 rings (SSSR count). The van der Waals surface area contributed by atoms with Crippen LogP contribution >= 0.6 is 11.6 Å². The van der Waals surface area contributed by atoms with Gasteiger partial charge in [0, 0.05) is 18.9 Å². The van der Waals surface area contributed by atoms with Crippen molar-refractivity contribution in [2.45, 2.75) is 51.1 Å². The van der Waals surface area contributed by atoms with E-state index in [1.165, 1.54) is 24.1 Å². The third kappa shape index (κ3) is 5.63. The summed E-state index contributed by atoms with van der Waals surface area (Å²) in [6.45, 7) is 1.98. The van der Waals surface area contributed by atoms with E-state index in [4.69, 9.17) is 21.0 Å². The fourth-order valence-electron chi connectivity index (χ4n) is 4.95. The number of methoxy groups -OCH3 is 1. The maximum Gasteiger partial charge on any atom is 0.276 e. The predicted octanol–water partition coefficient (Wildman–Crippen LogP) is 1.97. The molecule has 3 N–H and O–H groups in total. The molecule has 2 saturated carbocycles. The van der Waals surface area contributed by atoms with Gasteiger partial charge in [-0.3, -0.25) is 19.1 Å². The van der Waals surface area contributed by atoms with Gasteiger partial charge in [0.15, 0.2) is 5.69 Å². The molecule has 3 aromatic heterocycles. The lowest BCUT2D eigenvalue weighted by molar-refractivity contribution is -0.119. The zero-order valence-corrected chi connectivity index (χ0v) is 21.8. The molecular weight excluding hydrogens is 516 g/mol. The summed E-state index contributed by atoms with van der Waals surface area (Å²) in [5.74, 6) is -0.0330. The largest absolute Gasteiger partial charge is 0.382 e. The summed E-state index contributed by atoms with van der Waals surface area (Å²) in [7, 11) is 1.51. The number of nitrogens with one attached hydrogen (secondary N) is 3. The second-order valence-corrected chi connectivity index (χ2v) is 10.1. The van der Waals surface area contributed by atoms with Crippen LogP contribution in [-0.2, 0) is 16.0 Å². The van der Waals surface area contributed by atoms with Gasteiger partial charge < -0.3 is 15.4 Å².